The molecule has 3 aromatic heterocycles. The lowest BCUT2D eigenvalue weighted by molar-refractivity contribution is 0.291. The third-order valence-corrected chi connectivity index (χ3v) is 4.43. The quantitative estimate of drug-likeness (QED) is 0.693. The number of aryl methyl sites for hydroxylation is 2. The van der Waals surface area contributed by atoms with Gasteiger partial charge in [0.1, 0.15) is 5.82 Å². The Bertz CT molecular complexity index is 822. The van der Waals surface area contributed by atoms with Crippen LogP contribution >= 0.6 is 0 Å². The lowest BCUT2D eigenvalue weighted by Crippen LogP contribution is -2.09. The predicted octanol–water partition coefficient (Wildman–Crippen LogP) is 2.85. The van der Waals surface area contributed by atoms with Gasteiger partial charge in [0.05, 0.1) is 7.11 Å². The molecule has 0 atom stereocenters. The Labute approximate surface area is 139 Å². The van der Waals surface area contributed by atoms with E-state index in [1.54, 1.807) is 19.5 Å². The van der Waals surface area contributed by atoms with Gasteiger partial charge in [0.15, 0.2) is 5.82 Å². The Balaban J connectivity index is 1.47. The molecule has 0 aliphatic heterocycles. The van der Waals surface area contributed by atoms with E-state index in [1.807, 2.05) is 18.3 Å². The minimum Gasteiger partial charge on any atom is -0.481 e. The summed E-state index contributed by atoms with van der Waals surface area (Å²) in [6, 6.07) is 3.80. The monoisotopic (exact) mass is 325 g/mol. The number of methoxy groups -OCH3 is 1. The molecule has 7 heteroatoms. The largest absolute Gasteiger partial charge is 0.481 e. The van der Waals surface area contributed by atoms with E-state index in [2.05, 4.69) is 24.7 Å². The molecule has 0 aromatic carbocycles. The molecule has 3 aromatic rings. The second-order valence-corrected chi connectivity index (χ2v) is 5.96. The Hall–Kier alpha value is -2.70. The highest BCUT2D eigenvalue weighted by Crippen LogP contribution is 2.35. The zero-order valence-electron chi connectivity index (χ0n) is 13.6. The van der Waals surface area contributed by atoms with Gasteiger partial charge in [0.2, 0.25) is 11.8 Å². The molecule has 3 heterocycles. The number of rotatable bonds is 6. The van der Waals surface area contributed by atoms with Crippen molar-refractivity contribution in [2.45, 2.75) is 38.1 Å². The van der Waals surface area contributed by atoms with Crippen molar-refractivity contribution in [3.8, 4) is 17.3 Å². The molecule has 0 N–H and O–H groups in total. The summed E-state index contributed by atoms with van der Waals surface area (Å²) in [5, 5.41) is 4.10. The van der Waals surface area contributed by atoms with Crippen molar-refractivity contribution in [1.82, 2.24) is 24.7 Å². The van der Waals surface area contributed by atoms with E-state index in [0.29, 0.717) is 18.2 Å². The molecular formula is C17H19N5O2. The molecule has 4 rings (SSSR count). The summed E-state index contributed by atoms with van der Waals surface area (Å²) in [4.78, 5) is 13.1. The molecule has 124 valence electrons. The maximum atomic E-state index is 5.37. The Kier molecular flexibility index (Phi) is 3.98. The van der Waals surface area contributed by atoms with Crippen molar-refractivity contribution < 1.29 is 9.26 Å². The van der Waals surface area contributed by atoms with Crippen LogP contribution in [0.25, 0.3) is 11.4 Å². The first-order chi connectivity index (χ1) is 11.8. The summed E-state index contributed by atoms with van der Waals surface area (Å²) in [6.45, 7) is 0.740. The van der Waals surface area contributed by atoms with Gasteiger partial charge in [0, 0.05) is 49.1 Å². The van der Waals surface area contributed by atoms with Crippen LogP contribution in [0.5, 0.6) is 5.88 Å². The first-order valence-corrected chi connectivity index (χ1v) is 8.17. The molecule has 24 heavy (non-hydrogen) atoms. The lowest BCUT2D eigenvalue weighted by Gasteiger charge is -2.20. The van der Waals surface area contributed by atoms with Gasteiger partial charge in [0.25, 0.3) is 0 Å². The number of ether oxygens (including phenoxy) is 1. The van der Waals surface area contributed by atoms with Gasteiger partial charge in [-0.25, -0.2) is 9.97 Å². The standard InChI is InChI=1S/C17H19N5O2/c1-23-15-11-13(5-7-18-15)16-19-8-10-22(16)9-6-14-20-17(24-21-14)12-3-2-4-12/h5,7-8,10-12H,2-4,6,9H2,1H3. The number of hydrogen-bond acceptors (Lipinski definition) is 6. The molecule has 1 fully saturated rings. The fourth-order valence-electron chi connectivity index (χ4n) is 2.82. The summed E-state index contributed by atoms with van der Waals surface area (Å²) in [7, 11) is 1.61. The molecule has 0 spiro atoms. The minimum atomic E-state index is 0.472. The van der Waals surface area contributed by atoms with Crippen LogP contribution in [0.3, 0.4) is 0 Å². The molecule has 0 amide bonds. The van der Waals surface area contributed by atoms with Crippen LogP contribution in [0.1, 0.15) is 36.9 Å². The third kappa shape index (κ3) is 2.89. The van der Waals surface area contributed by atoms with E-state index in [1.165, 1.54) is 6.42 Å². The third-order valence-electron chi connectivity index (χ3n) is 4.43. The summed E-state index contributed by atoms with van der Waals surface area (Å²) in [5.41, 5.74) is 0.968. The van der Waals surface area contributed by atoms with Crippen LogP contribution in [0.15, 0.2) is 35.2 Å². The summed E-state index contributed by atoms with van der Waals surface area (Å²) >= 11 is 0. The highest BCUT2D eigenvalue weighted by molar-refractivity contribution is 5.56. The van der Waals surface area contributed by atoms with Crippen LogP contribution in [0.2, 0.25) is 0 Å². The molecule has 7 nitrogen and oxygen atoms in total. The number of pyridine rings is 1. The number of nitrogens with zero attached hydrogens (tertiary/aromatic N) is 5. The first-order valence-electron chi connectivity index (χ1n) is 8.17. The fourth-order valence-corrected chi connectivity index (χ4v) is 2.82. The van der Waals surface area contributed by atoms with Gasteiger partial charge in [-0.2, -0.15) is 4.98 Å². The smallest absolute Gasteiger partial charge is 0.229 e. The molecule has 0 unspecified atom stereocenters. The van der Waals surface area contributed by atoms with E-state index in [9.17, 15) is 0 Å². The van der Waals surface area contributed by atoms with Crippen LogP contribution in [-0.4, -0.2) is 31.8 Å². The maximum Gasteiger partial charge on any atom is 0.229 e. The maximum absolute atomic E-state index is 5.37. The zero-order chi connectivity index (χ0) is 16.4. The van der Waals surface area contributed by atoms with Gasteiger partial charge < -0.3 is 13.8 Å². The van der Waals surface area contributed by atoms with E-state index in [0.717, 1.165) is 42.5 Å². The van der Waals surface area contributed by atoms with Crippen molar-refractivity contribution in [3.05, 3.63) is 42.4 Å². The molecule has 0 radical (unpaired) electrons. The highest BCUT2D eigenvalue weighted by atomic mass is 16.5. The SMILES string of the molecule is COc1cc(-c2nccn2CCc2noc(C3CCC3)n2)ccn1. The molecule has 1 saturated carbocycles. The van der Waals surface area contributed by atoms with Crippen LogP contribution in [-0.2, 0) is 13.0 Å². The number of hydrogen-bond donors (Lipinski definition) is 0. The normalized spacial score (nSPS) is 14.5. The number of imidazole rings is 1. The minimum absolute atomic E-state index is 0.472. The lowest BCUT2D eigenvalue weighted by atomic mass is 9.85. The summed E-state index contributed by atoms with van der Waals surface area (Å²) < 4.78 is 12.6. The average molecular weight is 325 g/mol. The molecule has 1 aliphatic carbocycles. The average Bonchev–Trinajstić information content (AvgIpc) is 3.20. The van der Waals surface area contributed by atoms with E-state index >= 15 is 0 Å². The van der Waals surface area contributed by atoms with Crippen molar-refractivity contribution in [2.24, 2.45) is 0 Å². The summed E-state index contributed by atoms with van der Waals surface area (Å²) in [5.74, 6) is 3.47. The highest BCUT2D eigenvalue weighted by Gasteiger charge is 2.25. The van der Waals surface area contributed by atoms with Crippen molar-refractivity contribution >= 4 is 0 Å². The van der Waals surface area contributed by atoms with Gasteiger partial charge in [-0.1, -0.05) is 11.6 Å². The zero-order valence-corrected chi connectivity index (χ0v) is 13.6. The van der Waals surface area contributed by atoms with Crippen LogP contribution in [0.4, 0.5) is 0 Å². The van der Waals surface area contributed by atoms with E-state index < -0.39 is 0 Å². The molecule has 0 saturated heterocycles. The Morgan fingerprint density at radius 3 is 3.00 bits per heavy atom. The van der Waals surface area contributed by atoms with Gasteiger partial charge in [-0.3, -0.25) is 0 Å². The predicted molar refractivity (Wildman–Crippen MR) is 86.6 cm³/mol. The Morgan fingerprint density at radius 2 is 2.21 bits per heavy atom. The molecular weight excluding hydrogens is 306 g/mol. The van der Waals surface area contributed by atoms with Gasteiger partial charge in [-0.15, -0.1) is 0 Å². The van der Waals surface area contributed by atoms with E-state index in [-0.39, 0.29) is 0 Å². The van der Waals surface area contributed by atoms with Gasteiger partial charge >= 0.3 is 0 Å². The van der Waals surface area contributed by atoms with Crippen LogP contribution < -0.4 is 4.74 Å². The van der Waals surface area contributed by atoms with Crippen molar-refractivity contribution in [3.63, 3.8) is 0 Å². The Morgan fingerprint density at radius 1 is 1.29 bits per heavy atom. The second kappa shape index (κ2) is 6.43. The number of aromatic nitrogens is 5. The van der Waals surface area contributed by atoms with Crippen molar-refractivity contribution in [2.75, 3.05) is 7.11 Å². The molecule has 1 aliphatic rings. The van der Waals surface area contributed by atoms with Crippen LogP contribution in [0, 0.1) is 0 Å². The summed E-state index contributed by atoms with van der Waals surface area (Å²) in [6.07, 6.45) is 9.76. The molecule has 0 bridgehead atoms. The van der Waals surface area contributed by atoms with E-state index in [4.69, 9.17) is 9.26 Å². The van der Waals surface area contributed by atoms with Gasteiger partial charge in [-0.05, 0) is 18.9 Å². The first kappa shape index (κ1) is 14.9. The fraction of sp³-hybridized carbons (Fsp3) is 0.412. The second-order valence-electron chi connectivity index (χ2n) is 5.96. The van der Waals surface area contributed by atoms with Crippen molar-refractivity contribution in [1.29, 1.82) is 0 Å². The topological polar surface area (TPSA) is 78.9 Å².